The van der Waals surface area contributed by atoms with Gasteiger partial charge in [-0.05, 0) is 70.0 Å². The first-order chi connectivity index (χ1) is 9.19. The molecule has 0 bridgehead atoms. The minimum atomic E-state index is 0.723. The Morgan fingerprint density at radius 2 is 2.26 bits per heavy atom. The van der Waals surface area contributed by atoms with Crippen LogP contribution >= 0.6 is 0 Å². The largest absolute Gasteiger partial charge is 0.494 e. The van der Waals surface area contributed by atoms with Crippen LogP contribution in [0.25, 0.3) is 0 Å². The maximum absolute atomic E-state index is 5.52. The highest BCUT2D eigenvalue weighted by atomic mass is 16.5. The topological polar surface area (TPSA) is 24.5 Å². The van der Waals surface area contributed by atoms with Crippen molar-refractivity contribution < 1.29 is 4.74 Å². The van der Waals surface area contributed by atoms with Crippen LogP contribution in [0.15, 0.2) is 18.2 Å². The van der Waals surface area contributed by atoms with Gasteiger partial charge in [0.05, 0.1) is 6.61 Å². The average Bonchev–Trinajstić information content (AvgIpc) is 2.38. The van der Waals surface area contributed by atoms with E-state index in [0.717, 1.165) is 24.8 Å². The van der Waals surface area contributed by atoms with Crippen molar-refractivity contribution in [3.05, 3.63) is 23.8 Å². The van der Waals surface area contributed by atoms with E-state index in [0.29, 0.717) is 0 Å². The molecule has 1 atom stereocenters. The van der Waals surface area contributed by atoms with Crippen LogP contribution in [-0.2, 0) is 0 Å². The zero-order valence-corrected chi connectivity index (χ0v) is 12.4. The van der Waals surface area contributed by atoms with Gasteiger partial charge in [-0.3, -0.25) is 0 Å². The Hall–Kier alpha value is -1.22. The third-order valence-corrected chi connectivity index (χ3v) is 3.81. The lowest BCUT2D eigenvalue weighted by atomic mass is 9.98. The summed E-state index contributed by atoms with van der Waals surface area (Å²) in [4.78, 5) is 2.43. The SMILES string of the molecule is CCOc1ccc(NCC2CCCN(C)C2)c(C)c1. The monoisotopic (exact) mass is 262 g/mol. The molecule has 1 aromatic rings. The van der Waals surface area contributed by atoms with Crippen LogP contribution in [0.4, 0.5) is 5.69 Å². The van der Waals surface area contributed by atoms with Crippen molar-refractivity contribution in [3.63, 3.8) is 0 Å². The molecule has 106 valence electrons. The smallest absolute Gasteiger partial charge is 0.119 e. The number of aryl methyl sites for hydroxylation is 1. The van der Waals surface area contributed by atoms with Crippen molar-refractivity contribution in [3.8, 4) is 5.75 Å². The molecular formula is C16H26N2O. The van der Waals surface area contributed by atoms with E-state index in [2.05, 4.69) is 36.3 Å². The summed E-state index contributed by atoms with van der Waals surface area (Å²) >= 11 is 0. The predicted octanol–water partition coefficient (Wildman–Crippen LogP) is 3.15. The van der Waals surface area contributed by atoms with Crippen molar-refractivity contribution in [2.75, 3.05) is 38.6 Å². The van der Waals surface area contributed by atoms with Gasteiger partial charge in [0.2, 0.25) is 0 Å². The average molecular weight is 262 g/mol. The Bertz CT molecular complexity index is 406. The van der Waals surface area contributed by atoms with E-state index >= 15 is 0 Å². The molecule has 1 unspecified atom stereocenters. The van der Waals surface area contributed by atoms with Gasteiger partial charge in [0, 0.05) is 18.8 Å². The van der Waals surface area contributed by atoms with E-state index in [4.69, 9.17) is 4.74 Å². The number of ether oxygens (including phenoxy) is 1. The van der Waals surface area contributed by atoms with E-state index in [1.807, 2.05) is 13.0 Å². The molecule has 1 aliphatic rings. The standard InChI is InChI=1S/C16H26N2O/c1-4-19-15-7-8-16(13(2)10-15)17-11-14-6-5-9-18(3)12-14/h7-8,10,14,17H,4-6,9,11-12H2,1-3H3. The molecule has 1 heterocycles. The molecule has 0 radical (unpaired) electrons. The highest BCUT2D eigenvalue weighted by Crippen LogP contribution is 2.23. The minimum absolute atomic E-state index is 0.723. The lowest BCUT2D eigenvalue weighted by Gasteiger charge is -2.30. The Balaban J connectivity index is 1.88. The molecule has 1 N–H and O–H groups in total. The van der Waals surface area contributed by atoms with E-state index in [1.165, 1.54) is 37.2 Å². The molecule has 3 nitrogen and oxygen atoms in total. The first-order valence-electron chi connectivity index (χ1n) is 7.35. The minimum Gasteiger partial charge on any atom is -0.494 e. The second-order valence-corrected chi connectivity index (χ2v) is 5.56. The summed E-state index contributed by atoms with van der Waals surface area (Å²) in [5.74, 6) is 1.73. The molecule has 0 aliphatic carbocycles. The van der Waals surface area contributed by atoms with E-state index in [1.54, 1.807) is 0 Å². The molecule has 3 heteroatoms. The molecule has 1 fully saturated rings. The summed E-state index contributed by atoms with van der Waals surface area (Å²) in [5, 5.41) is 3.59. The molecule has 1 aliphatic heterocycles. The molecule has 0 amide bonds. The predicted molar refractivity (Wildman–Crippen MR) is 81.1 cm³/mol. The third-order valence-electron chi connectivity index (χ3n) is 3.81. The third kappa shape index (κ3) is 4.13. The number of nitrogens with one attached hydrogen (secondary N) is 1. The van der Waals surface area contributed by atoms with Crippen LogP contribution < -0.4 is 10.1 Å². The lowest BCUT2D eigenvalue weighted by Crippen LogP contribution is -2.35. The number of rotatable bonds is 5. The molecule has 1 aromatic carbocycles. The van der Waals surface area contributed by atoms with Gasteiger partial charge in [-0.25, -0.2) is 0 Å². The van der Waals surface area contributed by atoms with Gasteiger partial charge in [-0.15, -0.1) is 0 Å². The number of benzene rings is 1. The maximum atomic E-state index is 5.52. The van der Waals surface area contributed by atoms with Crippen LogP contribution in [0.2, 0.25) is 0 Å². The van der Waals surface area contributed by atoms with Crippen molar-refractivity contribution >= 4 is 5.69 Å². The fraction of sp³-hybridized carbons (Fsp3) is 0.625. The maximum Gasteiger partial charge on any atom is 0.119 e. The molecule has 0 spiro atoms. The summed E-state index contributed by atoms with van der Waals surface area (Å²) in [6.45, 7) is 8.40. The Labute approximate surface area is 116 Å². The first-order valence-corrected chi connectivity index (χ1v) is 7.35. The first kappa shape index (κ1) is 14.2. The zero-order valence-electron chi connectivity index (χ0n) is 12.4. The van der Waals surface area contributed by atoms with E-state index in [9.17, 15) is 0 Å². The number of hydrogen-bond acceptors (Lipinski definition) is 3. The number of nitrogens with zero attached hydrogens (tertiary/aromatic N) is 1. The number of likely N-dealkylation sites (tertiary alicyclic amines) is 1. The van der Waals surface area contributed by atoms with E-state index in [-0.39, 0.29) is 0 Å². The van der Waals surface area contributed by atoms with Crippen molar-refractivity contribution in [2.45, 2.75) is 26.7 Å². The van der Waals surface area contributed by atoms with Gasteiger partial charge >= 0.3 is 0 Å². The van der Waals surface area contributed by atoms with Crippen LogP contribution in [0.3, 0.4) is 0 Å². The molecule has 19 heavy (non-hydrogen) atoms. The van der Waals surface area contributed by atoms with Gasteiger partial charge in [0.15, 0.2) is 0 Å². The van der Waals surface area contributed by atoms with Crippen LogP contribution in [0.5, 0.6) is 5.75 Å². The van der Waals surface area contributed by atoms with Crippen molar-refractivity contribution in [1.29, 1.82) is 0 Å². The van der Waals surface area contributed by atoms with E-state index < -0.39 is 0 Å². The summed E-state index contributed by atoms with van der Waals surface area (Å²) in [6.07, 6.45) is 2.67. The normalized spacial score (nSPS) is 20.3. The van der Waals surface area contributed by atoms with Crippen molar-refractivity contribution in [2.24, 2.45) is 5.92 Å². The van der Waals surface area contributed by atoms with Gasteiger partial charge in [0.1, 0.15) is 5.75 Å². The molecular weight excluding hydrogens is 236 g/mol. The summed E-state index contributed by atoms with van der Waals surface area (Å²) < 4.78 is 5.52. The Morgan fingerprint density at radius 1 is 1.42 bits per heavy atom. The van der Waals surface area contributed by atoms with Crippen LogP contribution in [-0.4, -0.2) is 38.2 Å². The summed E-state index contributed by atoms with van der Waals surface area (Å²) in [5.41, 5.74) is 2.49. The molecule has 2 rings (SSSR count). The second kappa shape index (κ2) is 6.80. The fourth-order valence-electron chi connectivity index (χ4n) is 2.79. The Morgan fingerprint density at radius 3 is 2.95 bits per heavy atom. The van der Waals surface area contributed by atoms with Gasteiger partial charge in [0.25, 0.3) is 0 Å². The van der Waals surface area contributed by atoms with Crippen molar-refractivity contribution in [1.82, 2.24) is 4.90 Å². The second-order valence-electron chi connectivity index (χ2n) is 5.56. The lowest BCUT2D eigenvalue weighted by molar-refractivity contribution is 0.217. The molecule has 0 aromatic heterocycles. The number of hydrogen-bond donors (Lipinski definition) is 1. The Kier molecular flexibility index (Phi) is 5.08. The van der Waals surface area contributed by atoms with Gasteiger partial charge in [-0.2, -0.15) is 0 Å². The number of piperidine rings is 1. The molecule has 1 saturated heterocycles. The zero-order chi connectivity index (χ0) is 13.7. The fourth-order valence-corrected chi connectivity index (χ4v) is 2.79. The highest BCUT2D eigenvalue weighted by Gasteiger charge is 2.16. The van der Waals surface area contributed by atoms with Crippen LogP contribution in [0.1, 0.15) is 25.3 Å². The number of anilines is 1. The molecule has 0 saturated carbocycles. The summed E-state index contributed by atoms with van der Waals surface area (Å²) in [7, 11) is 2.22. The highest BCUT2D eigenvalue weighted by molar-refractivity contribution is 5.53. The van der Waals surface area contributed by atoms with Crippen LogP contribution in [0, 0.1) is 12.8 Å². The quantitative estimate of drug-likeness (QED) is 0.882. The van der Waals surface area contributed by atoms with Gasteiger partial charge in [-0.1, -0.05) is 0 Å². The summed E-state index contributed by atoms with van der Waals surface area (Å²) in [6, 6.07) is 6.29. The van der Waals surface area contributed by atoms with Gasteiger partial charge < -0.3 is 15.0 Å².